The quantitative estimate of drug-likeness (QED) is 0.805. The van der Waals surface area contributed by atoms with E-state index < -0.39 is 11.9 Å². The Morgan fingerprint density at radius 3 is 2.93 bits per heavy atom. The van der Waals surface area contributed by atoms with Crippen molar-refractivity contribution in [3.63, 3.8) is 0 Å². The molecule has 0 fully saturated rings. The molecule has 1 unspecified atom stereocenters. The van der Waals surface area contributed by atoms with Crippen molar-refractivity contribution in [3.8, 4) is 0 Å². The van der Waals surface area contributed by atoms with E-state index in [1.807, 2.05) is 0 Å². The summed E-state index contributed by atoms with van der Waals surface area (Å²) in [6, 6.07) is 1.69. The monoisotopic (exact) mass is 230 g/mol. The third-order valence-electron chi connectivity index (χ3n) is 2.28. The van der Waals surface area contributed by atoms with Gasteiger partial charge in [0.25, 0.3) is 0 Å². The molecule has 0 spiro atoms. The summed E-state index contributed by atoms with van der Waals surface area (Å²) in [6.45, 7) is 0. The number of thiophene rings is 1. The topological polar surface area (TPSA) is 54.4 Å². The molecule has 1 aliphatic carbocycles. The van der Waals surface area contributed by atoms with Crippen LogP contribution >= 0.6 is 22.9 Å². The van der Waals surface area contributed by atoms with Crippen LogP contribution in [0.1, 0.15) is 21.7 Å². The van der Waals surface area contributed by atoms with Gasteiger partial charge in [-0.05, 0) is 18.1 Å². The summed E-state index contributed by atoms with van der Waals surface area (Å²) < 4.78 is 0.550. The SMILES string of the molecule is O=C1CC(C(=O)O)Cc2cc(Cl)sc21. The Kier molecular flexibility index (Phi) is 2.33. The predicted molar refractivity (Wildman–Crippen MR) is 53.1 cm³/mol. The summed E-state index contributed by atoms with van der Waals surface area (Å²) in [5.41, 5.74) is 0.781. The normalized spacial score (nSPS) is 20.6. The van der Waals surface area contributed by atoms with Crippen LogP contribution in [0.4, 0.5) is 0 Å². The van der Waals surface area contributed by atoms with E-state index in [4.69, 9.17) is 16.7 Å². The summed E-state index contributed by atoms with van der Waals surface area (Å²) in [5.74, 6) is -1.59. The van der Waals surface area contributed by atoms with Crippen molar-refractivity contribution in [2.24, 2.45) is 5.92 Å². The minimum atomic E-state index is -0.911. The highest BCUT2D eigenvalue weighted by Crippen LogP contribution is 2.34. The Morgan fingerprint density at radius 2 is 2.29 bits per heavy atom. The largest absolute Gasteiger partial charge is 0.481 e. The lowest BCUT2D eigenvalue weighted by atomic mass is 9.88. The van der Waals surface area contributed by atoms with Gasteiger partial charge < -0.3 is 5.11 Å². The second kappa shape index (κ2) is 3.37. The van der Waals surface area contributed by atoms with Gasteiger partial charge in [0.1, 0.15) is 0 Å². The van der Waals surface area contributed by atoms with Crippen LogP contribution in [0.3, 0.4) is 0 Å². The molecule has 1 aromatic rings. The number of fused-ring (bicyclic) bond motifs is 1. The number of hydrogen-bond acceptors (Lipinski definition) is 3. The average Bonchev–Trinajstić information content (AvgIpc) is 2.45. The summed E-state index contributed by atoms with van der Waals surface area (Å²) in [4.78, 5) is 22.9. The molecule has 2 rings (SSSR count). The molecule has 1 aliphatic rings. The Morgan fingerprint density at radius 1 is 1.57 bits per heavy atom. The number of carboxylic acids is 1. The number of Topliss-reactive ketones (excluding diaryl/α,β-unsaturated/α-hetero) is 1. The number of ketones is 1. The zero-order valence-corrected chi connectivity index (χ0v) is 8.69. The van der Waals surface area contributed by atoms with E-state index in [-0.39, 0.29) is 12.2 Å². The van der Waals surface area contributed by atoms with Crippen LogP contribution < -0.4 is 0 Å². The van der Waals surface area contributed by atoms with E-state index in [1.54, 1.807) is 6.07 Å². The molecule has 0 aliphatic heterocycles. The Balaban J connectivity index is 2.37. The van der Waals surface area contributed by atoms with Gasteiger partial charge in [-0.25, -0.2) is 0 Å². The van der Waals surface area contributed by atoms with Crippen molar-refractivity contribution in [1.82, 2.24) is 0 Å². The van der Waals surface area contributed by atoms with Crippen LogP contribution in [-0.2, 0) is 11.2 Å². The number of hydrogen-bond donors (Lipinski definition) is 1. The summed E-state index contributed by atoms with van der Waals surface area (Å²) in [6.07, 6.45) is 0.513. The first-order chi connectivity index (χ1) is 6.58. The Labute approximate surface area is 89.3 Å². The maximum absolute atomic E-state index is 11.5. The number of carbonyl (C=O) groups excluding carboxylic acids is 1. The minimum absolute atomic E-state index is 0.0964. The molecule has 0 saturated heterocycles. The minimum Gasteiger partial charge on any atom is -0.481 e. The highest BCUT2D eigenvalue weighted by atomic mass is 35.5. The molecule has 3 nitrogen and oxygen atoms in total. The van der Waals surface area contributed by atoms with Gasteiger partial charge in [-0.2, -0.15) is 0 Å². The first kappa shape index (κ1) is 9.68. The van der Waals surface area contributed by atoms with Gasteiger partial charge in [-0.3, -0.25) is 9.59 Å². The maximum atomic E-state index is 11.5. The molecule has 1 heterocycles. The second-order valence-corrected chi connectivity index (χ2v) is 4.95. The second-order valence-electron chi connectivity index (χ2n) is 3.27. The third kappa shape index (κ3) is 1.55. The van der Waals surface area contributed by atoms with E-state index >= 15 is 0 Å². The Hall–Kier alpha value is -0.870. The first-order valence-corrected chi connectivity index (χ1v) is 5.31. The fraction of sp³-hybridized carbons (Fsp3) is 0.333. The van der Waals surface area contributed by atoms with Crippen LogP contribution in [-0.4, -0.2) is 16.9 Å². The lowest BCUT2D eigenvalue weighted by molar-refractivity contribution is -0.141. The zero-order valence-electron chi connectivity index (χ0n) is 7.12. The highest BCUT2D eigenvalue weighted by Gasteiger charge is 2.31. The smallest absolute Gasteiger partial charge is 0.307 e. The molecule has 0 amide bonds. The summed E-state index contributed by atoms with van der Waals surface area (Å²) in [5, 5.41) is 8.81. The fourth-order valence-electron chi connectivity index (χ4n) is 1.61. The van der Waals surface area contributed by atoms with E-state index in [2.05, 4.69) is 0 Å². The van der Waals surface area contributed by atoms with Crippen molar-refractivity contribution in [3.05, 3.63) is 20.8 Å². The number of halogens is 1. The molecule has 74 valence electrons. The van der Waals surface area contributed by atoms with Gasteiger partial charge in [0.2, 0.25) is 0 Å². The standard InChI is InChI=1S/C9H7ClO3S/c10-7-3-4-1-5(9(12)13)2-6(11)8(4)14-7/h3,5H,1-2H2,(H,12,13). The molecule has 5 heteroatoms. The first-order valence-electron chi connectivity index (χ1n) is 4.12. The molecule has 0 aromatic carbocycles. The molecule has 1 aromatic heterocycles. The Bertz CT molecular complexity index is 410. The van der Waals surface area contributed by atoms with E-state index in [0.717, 1.165) is 5.56 Å². The molecule has 0 saturated carbocycles. The van der Waals surface area contributed by atoms with E-state index in [0.29, 0.717) is 15.6 Å². The molecular formula is C9H7ClO3S. The molecule has 1 atom stereocenters. The molecule has 0 radical (unpaired) electrons. The lowest BCUT2D eigenvalue weighted by Gasteiger charge is -2.16. The summed E-state index contributed by atoms with van der Waals surface area (Å²) in [7, 11) is 0. The fourth-order valence-corrected chi connectivity index (χ4v) is 2.84. The summed E-state index contributed by atoms with van der Waals surface area (Å²) >= 11 is 7.00. The predicted octanol–water partition coefficient (Wildman–Crippen LogP) is 2.23. The van der Waals surface area contributed by atoms with Crippen molar-refractivity contribution >= 4 is 34.7 Å². The van der Waals surface area contributed by atoms with Crippen molar-refractivity contribution in [2.45, 2.75) is 12.8 Å². The highest BCUT2D eigenvalue weighted by molar-refractivity contribution is 7.18. The number of aliphatic carboxylic acids is 1. The lowest BCUT2D eigenvalue weighted by Crippen LogP contribution is -2.24. The molecule has 14 heavy (non-hydrogen) atoms. The van der Waals surface area contributed by atoms with Gasteiger partial charge >= 0.3 is 5.97 Å². The maximum Gasteiger partial charge on any atom is 0.307 e. The van der Waals surface area contributed by atoms with Gasteiger partial charge in [-0.15, -0.1) is 11.3 Å². The average molecular weight is 231 g/mol. The van der Waals surface area contributed by atoms with Gasteiger partial charge in [0, 0.05) is 6.42 Å². The molecule has 0 bridgehead atoms. The zero-order chi connectivity index (χ0) is 10.3. The van der Waals surface area contributed by atoms with Gasteiger partial charge in [-0.1, -0.05) is 11.6 Å². The van der Waals surface area contributed by atoms with Crippen LogP contribution in [0.5, 0.6) is 0 Å². The van der Waals surface area contributed by atoms with E-state index in [9.17, 15) is 9.59 Å². The molecule has 1 N–H and O–H groups in total. The number of carbonyl (C=O) groups is 2. The van der Waals surface area contributed by atoms with Crippen molar-refractivity contribution in [1.29, 1.82) is 0 Å². The van der Waals surface area contributed by atoms with Crippen molar-refractivity contribution < 1.29 is 14.7 Å². The van der Waals surface area contributed by atoms with Crippen LogP contribution in [0.25, 0.3) is 0 Å². The third-order valence-corrected chi connectivity index (χ3v) is 3.63. The van der Waals surface area contributed by atoms with Crippen LogP contribution in [0.15, 0.2) is 6.07 Å². The van der Waals surface area contributed by atoms with Crippen LogP contribution in [0, 0.1) is 5.92 Å². The van der Waals surface area contributed by atoms with Gasteiger partial charge in [0.05, 0.1) is 15.1 Å². The molecular weight excluding hydrogens is 224 g/mol. The van der Waals surface area contributed by atoms with Gasteiger partial charge in [0.15, 0.2) is 5.78 Å². The van der Waals surface area contributed by atoms with Crippen molar-refractivity contribution in [2.75, 3.05) is 0 Å². The number of rotatable bonds is 1. The number of carboxylic acid groups (broad SMARTS) is 1. The van der Waals surface area contributed by atoms with Crippen LogP contribution in [0.2, 0.25) is 4.34 Å². The van der Waals surface area contributed by atoms with E-state index in [1.165, 1.54) is 11.3 Å².